The van der Waals surface area contributed by atoms with Gasteiger partial charge in [-0.2, -0.15) is 0 Å². The van der Waals surface area contributed by atoms with Gasteiger partial charge >= 0.3 is 12.0 Å². The number of carbonyl (C=O) groups is 3. The molecule has 1 aliphatic heterocycles. The lowest BCUT2D eigenvalue weighted by atomic mass is 9.86. The fraction of sp³-hybridized carbons (Fsp3) is 0.375. The molecule has 2 aromatic rings. The summed E-state index contributed by atoms with van der Waals surface area (Å²) in [6, 6.07) is 11.8. The summed E-state index contributed by atoms with van der Waals surface area (Å²) in [5, 5.41) is 2.89. The quantitative estimate of drug-likeness (QED) is 0.538. The topological polar surface area (TPSA) is 84.9 Å². The molecule has 3 amide bonds. The lowest BCUT2D eigenvalue weighted by molar-refractivity contribution is -0.132. The van der Waals surface area contributed by atoms with Crippen LogP contribution in [0, 0.1) is 6.92 Å². The number of esters is 1. The summed E-state index contributed by atoms with van der Waals surface area (Å²) in [6.45, 7) is 7.38. The van der Waals surface area contributed by atoms with Crippen LogP contribution in [0.4, 0.5) is 4.79 Å². The number of imide groups is 1. The van der Waals surface area contributed by atoms with Gasteiger partial charge in [0.2, 0.25) is 0 Å². The summed E-state index contributed by atoms with van der Waals surface area (Å²) in [7, 11) is 1.59. The highest BCUT2D eigenvalue weighted by molar-refractivity contribution is 6.07. The molecule has 3 rings (SSSR count). The van der Waals surface area contributed by atoms with Crippen molar-refractivity contribution in [3.05, 3.63) is 64.7 Å². The molecule has 0 aliphatic carbocycles. The molecule has 1 aliphatic rings. The fourth-order valence-corrected chi connectivity index (χ4v) is 3.81. The maximum Gasteiger partial charge on any atom is 0.338 e. The van der Waals surface area contributed by atoms with Crippen LogP contribution in [0.3, 0.4) is 0 Å². The summed E-state index contributed by atoms with van der Waals surface area (Å²) >= 11 is 0. The largest absolute Gasteiger partial charge is 0.496 e. The third kappa shape index (κ3) is 4.26. The monoisotopic (exact) mass is 424 g/mol. The van der Waals surface area contributed by atoms with Gasteiger partial charge in [0, 0.05) is 0 Å². The van der Waals surface area contributed by atoms with Crippen molar-refractivity contribution < 1.29 is 23.9 Å². The minimum atomic E-state index is -1.14. The fourth-order valence-electron chi connectivity index (χ4n) is 3.81. The van der Waals surface area contributed by atoms with E-state index in [0.29, 0.717) is 28.9 Å². The molecule has 7 nitrogen and oxygen atoms in total. The SMILES string of the molecule is CCC1(c2ccc(OC)c(C)c2)NC(=O)N(Cc2cccc(C(=O)OC(C)C)c2)C1=O. The van der Waals surface area contributed by atoms with E-state index in [0.717, 1.165) is 5.56 Å². The Kier molecular flexibility index (Phi) is 6.34. The maximum atomic E-state index is 13.4. The Bertz CT molecular complexity index is 1020. The number of rotatable bonds is 7. The van der Waals surface area contributed by atoms with Crippen LogP contribution in [-0.2, 0) is 21.6 Å². The van der Waals surface area contributed by atoms with E-state index < -0.39 is 17.5 Å². The lowest BCUT2D eigenvalue weighted by Crippen LogP contribution is -2.43. The van der Waals surface area contributed by atoms with E-state index >= 15 is 0 Å². The maximum absolute atomic E-state index is 13.4. The van der Waals surface area contributed by atoms with Crippen molar-refractivity contribution in [2.24, 2.45) is 0 Å². The molecule has 1 unspecified atom stereocenters. The standard InChI is InChI=1S/C24H28N2O5/c1-6-24(19-10-11-20(30-5)16(4)12-19)22(28)26(23(29)25-24)14-17-8-7-9-18(13-17)21(27)31-15(2)3/h7-13,15H,6,14H2,1-5H3,(H,25,29). The Labute approximate surface area is 182 Å². The Balaban J connectivity index is 1.88. The first-order chi connectivity index (χ1) is 14.7. The van der Waals surface area contributed by atoms with Crippen LogP contribution in [-0.4, -0.2) is 36.0 Å². The van der Waals surface area contributed by atoms with Crippen LogP contribution in [0.15, 0.2) is 42.5 Å². The Hall–Kier alpha value is -3.35. The van der Waals surface area contributed by atoms with Crippen LogP contribution in [0.5, 0.6) is 5.75 Å². The molecule has 7 heteroatoms. The molecule has 1 heterocycles. The number of amides is 3. The summed E-state index contributed by atoms with van der Waals surface area (Å²) in [5.74, 6) is -0.0425. The molecule has 164 valence electrons. The van der Waals surface area contributed by atoms with Gasteiger partial charge in [-0.25, -0.2) is 9.59 Å². The molecule has 0 saturated carbocycles. The minimum Gasteiger partial charge on any atom is -0.496 e. The van der Waals surface area contributed by atoms with Crippen molar-refractivity contribution in [3.63, 3.8) is 0 Å². The van der Waals surface area contributed by atoms with E-state index in [-0.39, 0.29) is 18.6 Å². The molecule has 0 bridgehead atoms. The van der Waals surface area contributed by atoms with Gasteiger partial charge in [-0.1, -0.05) is 25.1 Å². The number of urea groups is 1. The van der Waals surface area contributed by atoms with Gasteiger partial charge in [-0.3, -0.25) is 9.69 Å². The Morgan fingerprint density at radius 3 is 2.52 bits per heavy atom. The zero-order chi connectivity index (χ0) is 22.8. The summed E-state index contributed by atoms with van der Waals surface area (Å²) in [5.41, 5.74) is 1.50. The van der Waals surface area contributed by atoms with Crippen molar-refractivity contribution in [2.45, 2.75) is 52.3 Å². The van der Waals surface area contributed by atoms with Gasteiger partial charge in [0.05, 0.1) is 25.3 Å². The number of nitrogens with zero attached hydrogens (tertiary/aromatic N) is 1. The number of aryl methyl sites for hydroxylation is 1. The molecule has 1 saturated heterocycles. The normalized spacial score (nSPS) is 18.3. The average Bonchev–Trinajstić information content (AvgIpc) is 2.98. The number of nitrogens with one attached hydrogen (secondary N) is 1. The molecule has 1 fully saturated rings. The molecular formula is C24H28N2O5. The highest BCUT2D eigenvalue weighted by atomic mass is 16.5. The molecule has 0 aromatic heterocycles. The lowest BCUT2D eigenvalue weighted by Gasteiger charge is -2.26. The van der Waals surface area contributed by atoms with Crippen molar-refractivity contribution in [1.29, 1.82) is 0 Å². The van der Waals surface area contributed by atoms with Crippen LogP contribution >= 0.6 is 0 Å². The van der Waals surface area contributed by atoms with Crippen molar-refractivity contribution >= 4 is 17.9 Å². The Morgan fingerprint density at radius 2 is 1.90 bits per heavy atom. The van der Waals surface area contributed by atoms with Crippen LogP contribution in [0.2, 0.25) is 0 Å². The van der Waals surface area contributed by atoms with E-state index in [4.69, 9.17) is 9.47 Å². The summed E-state index contributed by atoms with van der Waals surface area (Å²) in [4.78, 5) is 39.6. The third-order valence-electron chi connectivity index (χ3n) is 5.44. The second-order valence-electron chi connectivity index (χ2n) is 7.92. The summed E-state index contributed by atoms with van der Waals surface area (Å²) < 4.78 is 10.5. The molecule has 1 N–H and O–H groups in total. The molecule has 0 spiro atoms. The summed E-state index contributed by atoms with van der Waals surface area (Å²) in [6.07, 6.45) is 0.167. The molecule has 0 radical (unpaired) electrons. The molecule has 31 heavy (non-hydrogen) atoms. The third-order valence-corrected chi connectivity index (χ3v) is 5.44. The molecule has 1 atom stereocenters. The van der Waals surface area contributed by atoms with Gasteiger partial charge in [-0.05, 0) is 68.1 Å². The minimum absolute atomic E-state index is 0.0599. The number of hydrogen-bond acceptors (Lipinski definition) is 5. The molecular weight excluding hydrogens is 396 g/mol. The van der Waals surface area contributed by atoms with E-state index in [2.05, 4.69) is 5.32 Å². The first kappa shape index (κ1) is 22.3. The second kappa shape index (κ2) is 8.79. The number of ether oxygens (including phenoxy) is 2. The van der Waals surface area contributed by atoms with Gasteiger partial charge < -0.3 is 14.8 Å². The van der Waals surface area contributed by atoms with E-state index in [1.54, 1.807) is 57.4 Å². The Morgan fingerprint density at radius 1 is 1.16 bits per heavy atom. The predicted octanol–water partition coefficient (Wildman–Crippen LogP) is 3.93. The first-order valence-electron chi connectivity index (χ1n) is 10.3. The first-order valence-corrected chi connectivity index (χ1v) is 10.3. The molecule has 2 aromatic carbocycles. The van der Waals surface area contributed by atoms with E-state index in [1.807, 2.05) is 19.9 Å². The number of hydrogen-bond donors (Lipinski definition) is 1. The van der Waals surface area contributed by atoms with Crippen LogP contribution in [0.1, 0.15) is 54.2 Å². The number of benzene rings is 2. The predicted molar refractivity (Wildman–Crippen MR) is 116 cm³/mol. The van der Waals surface area contributed by atoms with Crippen LogP contribution in [0.25, 0.3) is 0 Å². The van der Waals surface area contributed by atoms with Gasteiger partial charge in [0.1, 0.15) is 11.3 Å². The van der Waals surface area contributed by atoms with Crippen molar-refractivity contribution in [2.75, 3.05) is 7.11 Å². The van der Waals surface area contributed by atoms with E-state index in [1.165, 1.54) is 4.90 Å². The smallest absolute Gasteiger partial charge is 0.338 e. The van der Waals surface area contributed by atoms with Gasteiger partial charge in [0.25, 0.3) is 5.91 Å². The second-order valence-corrected chi connectivity index (χ2v) is 7.92. The van der Waals surface area contributed by atoms with E-state index in [9.17, 15) is 14.4 Å². The highest BCUT2D eigenvalue weighted by Gasteiger charge is 2.51. The zero-order valence-electron chi connectivity index (χ0n) is 18.5. The highest BCUT2D eigenvalue weighted by Crippen LogP contribution is 2.35. The average molecular weight is 424 g/mol. The zero-order valence-corrected chi connectivity index (χ0v) is 18.5. The van der Waals surface area contributed by atoms with Crippen LogP contribution < -0.4 is 10.1 Å². The van der Waals surface area contributed by atoms with Gasteiger partial charge in [-0.15, -0.1) is 0 Å². The number of methoxy groups -OCH3 is 1. The van der Waals surface area contributed by atoms with Crippen molar-refractivity contribution in [3.8, 4) is 5.75 Å². The van der Waals surface area contributed by atoms with Crippen molar-refractivity contribution in [1.82, 2.24) is 10.2 Å². The number of carbonyl (C=O) groups excluding carboxylic acids is 3. The van der Waals surface area contributed by atoms with Gasteiger partial charge in [0.15, 0.2) is 0 Å².